The largest absolute Gasteiger partial charge is 0.326 e. The molecule has 0 radical (unpaired) electrons. The minimum absolute atomic E-state index is 0.486. The molecule has 2 N–H and O–H groups in total. The second-order valence-corrected chi connectivity index (χ2v) is 2.15. The van der Waals surface area contributed by atoms with E-state index in [1.807, 2.05) is 13.1 Å². The maximum atomic E-state index is 5.39. The van der Waals surface area contributed by atoms with E-state index in [0.29, 0.717) is 6.54 Å². The first-order valence-electron chi connectivity index (χ1n) is 3.12. The van der Waals surface area contributed by atoms with Gasteiger partial charge in [0, 0.05) is 19.8 Å². The second kappa shape index (κ2) is 2.66. The Hall–Kier alpha value is -1.09. The summed E-state index contributed by atoms with van der Waals surface area (Å²) in [5.41, 5.74) is 7.31. The van der Waals surface area contributed by atoms with Gasteiger partial charge in [-0.3, -0.25) is 4.68 Å². The van der Waals surface area contributed by atoms with Crippen molar-refractivity contribution in [1.29, 1.82) is 0 Å². The van der Waals surface area contributed by atoms with Crippen molar-refractivity contribution in [3.8, 4) is 0 Å². The van der Waals surface area contributed by atoms with Crippen LogP contribution >= 0.6 is 0 Å². The van der Waals surface area contributed by atoms with E-state index in [0.717, 1.165) is 11.3 Å². The zero-order valence-corrected chi connectivity index (χ0v) is 6.04. The number of nitrogens with zero attached hydrogens (tertiary/aromatic N) is 2. The van der Waals surface area contributed by atoms with Crippen molar-refractivity contribution in [1.82, 2.24) is 9.78 Å². The molecule has 10 heavy (non-hydrogen) atoms. The summed E-state index contributed by atoms with van der Waals surface area (Å²) in [6, 6.07) is 1.90. The molecular weight excluding hydrogens is 126 g/mol. The van der Waals surface area contributed by atoms with Gasteiger partial charge < -0.3 is 5.73 Å². The molecule has 0 aromatic carbocycles. The van der Waals surface area contributed by atoms with E-state index in [9.17, 15) is 0 Å². The molecule has 0 saturated heterocycles. The van der Waals surface area contributed by atoms with Gasteiger partial charge in [-0.15, -0.1) is 0 Å². The molecule has 0 spiro atoms. The van der Waals surface area contributed by atoms with Gasteiger partial charge in [-0.1, -0.05) is 6.58 Å². The Bertz CT molecular complexity index is 237. The monoisotopic (exact) mass is 137 g/mol. The number of nitrogens with two attached hydrogens (primary N) is 1. The van der Waals surface area contributed by atoms with Crippen LogP contribution in [0.15, 0.2) is 18.8 Å². The maximum Gasteiger partial charge on any atom is 0.0645 e. The number of hydrogen-bond acceptors (Lipinski definition) is 2. The fourth-order valence-corrected chi connectivity index (χ4v) is 0.825. The van der Waals surface area contributed by atoms with Crippen LogP contribution in [0.3, 0.4) is 0 Å². The quantitative estimate of drug-likeness (QED) is 0.641. The van der Waals surface area contributed by atoms with Gasteiger partial charge in [-0.05, 0) is 11.6 Å². The van der Waals surface area contributed by atoms with Crippen LogP contribution in [-0.4, -0.2) is 16.3 Å². The van der Waals surface area contributed by atoms with Crippen molar-refractivity contribution in [2.45, 2.75) is 0 Å². The van der Waals surface area contributed by atoms with E-state index in [1.165, 1.54) is 0 Å². The highest BCUT2D eigenvalue weighted by atomic mass is 15.3. The number of rotatable bonds is 2. The Labute approximate surface area is 60.1 Å². The molecule has 3 nitrogen and oxygen atoms in total. The smallest absolute Gasteiger partial charge is 0.0645 e. The first-order valence-corrected chi connectivity index (χ1v) is 3.12. The first kappa shape index (κ1) is 7.02. The summed E-state index contributed by atoms with van der Waals surface area (Å²) in [6.45, 7) is 4.28. The molecule has 1 rings (SSSR count). The van der Waals surface area contributed by atoms with Gasteiger partial charge in [0.2, 0.25) is 0 Å². The summed E-state index contributed by atoms with van der Waals surface area (Å²) < 4.78 is 1.76. The van der Waals surface area contributed by atoms with Gasteiger partial charge in [0.25, 0.3) is 0 Å². The van der Waals surface area contributed by atoms with Crippen LogP contribution in [-0.2, 0) is 7.05 Å². The van der Waals surface area contributed by atoms with Gasteiger partial charge in [0.05, 0.1) is 5.69 Å². The van der Waals surface area contributed by atoms with Crippen molar-refractivity contribution in [2.24, 2.45) is 12.8 Å². The predicted octanol–water partition coefficient (Wildman–Crippen LogP) is 0.392. The standard InChI is InChI=1S/C7H11N3/c1-6(5-8)7-3-4-9-10(7)2/h3-4H,1,5,8H2,2H3. The summed E-state index contributed by atoms with van der Waals surface area (Å²) in [5, 5.41) is 3.99. The Morgan fingerprint density at radius 3 is 3.00 bits per heavy atom. The van der Waals surface area contributed by atoms with Crippen molar-refractivity contribution in [3.05, 3.63) is 24.5 Å². The molecule has 0 amide bonds. The number of hydrogen-bond donors (Lipinski definition) is 1. The van der Waals surface area contributed by atoms with Crippen LogP contribution in [0.2, 0.25) is 0 Å². The molecule has 0 saturated carbocycles. The fourth-order valence-electron chi connectivity index (χ4n) is 0.825. The van der Waals surface area contributed by atoms with E-state index in [1.54, 1.807) is 10.9 Å². The molecule has 1 heterocycles. The van der Waals surface area contributed by atoms with Crippen LogP contribution < -0.4 is 5.73 Å². The minimum Gasteiger partial charge on any atom is -0.326 e. The minimum atomic E-state index is 0.486. The summed E-state index contributed by atoms with van der Waals surface area (Å²) >= 11 is 0. The van der Waals surface area contributed by atoms with Gasteiger partial charge in [-0.25, -0.2) is 0 Å². The Balaban J connectivity index is 2.93. The average Bonchev–Trinajstić information content (AvgIpc) is 2.34. The zero-order valence-electron chi connectivity index (χ0n) is 6.04. The molecule has 0 bridgehead atoms. The van der Waals surface area contributed by atoms with E-state index >= 15 is 0 Å². The molecule has 0 aliphatic carbocycles. The summed E-state index contributed by atoms with van der Waals surface area (Å²) in [5.74, 6) is 0. The lowest BCUT2D eigenvalue weighted by Crippen LogP contribution is -2.05. The average molecular weight is 137 g/mol. The van der Waals surface area contributed by atoms with Gasteiger partial charge in [-0.2, -0.15) is 5.10 Å². The second-order valence-electron chi connectivity index (χ2n) is 2.15. The number of aromatic nitrogens is 2. The first-order chi connectivity index (χ1) is 4.75. The van der Waals surface area contributed by atoms with E-state index in [4.69, 9.17) is 5.73 Å². The van der Waals surface area contributed by atoms with Crippen molar-refractivity contribution in [3.63, 3.8) is 0 Å². The Morgan fingerprint density at radius 1 is 1.90 bits per heavy atom. The van der Waals surface area contributed by atoms with Crippen LogP contribution in [0.25, 0.3) is 5.57 Å². The van der Waals surface area contributed by atoms with Crippen LogP contribution in [0, 0.1) is 0 Å². The van der Waals surface area contributed by atoms with Crippen molar-refractivity contribution in [2.75, 3.05) is 6.54 Å². The molecular formula is C7H11N3. The highest BCUT2D eigenvalue weighted by Gasteiger charge is 1.99. The molecule has 0 aliphatic heterocycles. The van der Waals surface area contributed by atoms with Crippen LogP contribution in [0.5, 0.6) is 0 Å². The topological polar surface area (TPSA) is 43.8 Å². The van der Waals surface area contributed by atoms with Crippen LogP contribution in [0.1, 0.15) is 5.69 Å². The molecule has 0 aliphatic rings. The molecule has 0 unspecified atom stereocenters. The molecule has 54 valence electrons. The summed E-state index contributed by atoms with van der Waals surface area (Å²) in [7, 11) is 1.87. The third-order valence-corrected chi connectivity index (χ3v) is 1.43. The SMILES string of the molecule is C=C(CN)c1ccnn1C. The summed E-state index contributed by atoms with van der Waals surface area (Å²) in [6.07, 6.45) is 1.73. The lowest BCUT2D eigenvalue weighted by atomic mass is 10.2. The molecule has 1 aromatic rings. The maximum absolute atomic E-state index is 5.39. The zero-order chi connectivity index (χ0) is 7.56. The predicted molar refractivity (Wildman–Crippen MR) is 41.3 cm³/mol. The molecule has 3 heteroatoms. The third-order valence-electron chi connectivity index (χ3n) is 1.43. The third kappa shape index (κ3) is 1.09. The Kier molecular flexibility index (Phi) is 1.87. The highest BCUT2D eigenvalue weighted by Crippen LogP contribution is 2.07. The molecule has 1 aromatic heterocycles. The lowest BCUT2D eigenvalue weighted by Gasteiger charge is -2.00. The number of aryl methyl sites for hydroxylation is 1. The van der Waals surface area contributed by atoms with Crippen molar-refractivity contribution < 1.29 is 0 Å². The van der Waals surface area contributed by atoms with Gasteiger partial charge in [0.1, 0.15) is 0 Å². The van der Waals surface area contributed by atoms with Crippen molar-refractivity contribution >= 4 is 5.57 Å². The van der Waals surface area contributed by atoms with E-state index in [2.05, 4.69) is 11.7 Å². The normalized spacial score (nSPS) is 9.80. The van der Waals surface area contributed by atoms with E-state index in [-0.39, 0.29) is 0 Å². The van der Waals surface area contributed by atoms with Gasteiger partial charge in [0.15, 0.2) is 0 Å². The Morgan fingerprint density at radius 2 is 2.60 bits per heavy atom. The van der Waals surface area contributed by atoms with E-state index < -0.39 is 0 Å². The molecule has 0 fully saturated rings. The summed E-state index contributed by atoms with van der Waals surface area (Å²) in [4.78, 5) is 0. The fraction of sp³-hybridized carbons (Fsp3) is 0.286. The van der Waals surface area contributed by atoms with Gasteiger partial charge >= 0.3 is 0 Å². The molecule has 0 atom stereocenters. The van der Waals surface area contributed by atoms with Crippen LogP contribution in [0.4, 0.5) is 0 Å². The highest BCUT2D eigenvalue weighted by molar-refractivity contribution is 5.61. The lowest BCUT2D eigenvalue weighted by molar-refractivity contribution is 0.754.